The van der Waals surface area contributed by atoms with Gasteiger partial charge in [-0.2, -0.15) is 0 Å². The van der Waals surface area contributed by atoms with E-state index >= 15 is 0 Å². The molecule has 25 heavy (non-hydrogen) atoms. The Morgan fingerprint density at radius 2 is 1.68 bits per heavy atom. The van der Waals surface area contributed by atoms with Crippen molar-refractivity contribution >= 4 is 12.0 Å². The normalized spacial score (nSPS) is 21.0. The average Bonchev–Trinajstić information content (AvgIpc) is 2.95. The average molecular weight is 337 g/mol. The summed E-state index contributed by atoms with van der Waals surface area (Å²) in [6.45, 7) is 3.85. The fourth-order valence-electron chi connectivity index (χ4n) is 3.35. The van der Waals surface area contributed by atoms with Gasteiger partial charge in [-0.25, -0.2) is 9.69 Å². The smallest absolute Gasteiger partial charge is 0.417 e. The molecule has 1 fully saturated rings. The molecule has 130 valence electrons. The van der Waals surface area contributed by atoms with Gasteiger partial charge in [-0.1, -0.05) is 67.6 Å². The molecular formula is C21H23NO3. The molecule has 2 amide bonds. The predicted octanol–water partition coefficient (Wildman–Crippen LogP) is 4.36. The molecule has 2 aromatic rings. The van der Waals surface area contributed by atoms with Crippen LogP contribution in [-0.2, 0) is 16.0 Å². The summed E-state index contributed by atoms with van der Waals surface area (Å²) in [7, 11) is 0. The number of benzene rings is 2. The van der Waals surface area contributed by atoms with Gasteiger partial charge in [-0.05, 0) is 30.9 Å². The highest BCUT2D eigenvalue weighted by Gasteiger charge is 2.44. The summed E-state index contributed by atoms with van der Waals surface area (Å²) in [5.41, 5.74) is 2.01. The number of nitrogens with zero attached hydrogens (tertiary/aromatic N) is 1. The van der Waals surface area contributed by atoms with Gasteiger partial charge < -0.3 is 4.74 Å². The van der Waals surface area contributed by atoms with Crippen LogP contribution in [0.1, 0.15) is 37.5 Å². The van der Waals surface area contributed by atoms with Gasteiger partial charge in [0, 0.05) is 5.92 Å². The van der Waals surface area contributed by atoms with E-state index in [-0.39, 0.29) is 17.9 Å². The highest BCUT2D eigenvalue weighted by molar-refractivity contribution is 5.95. The van der Waals surface area contributed by atoms with Gasteiger partial charge in [-0.15, -0.1) is 0 Å². The fraction of sp³-hybridized carbons (Fsp3) is 0.333. The first-order valence-corrected chi connectivity index (χ1v) is 8.74. The fourth-order valence-corrected chi connectivity index (χ4v) is 3.35. The molecule has 0 aliphatic carbocycles. The number of cyclic esters (lactones) is 1. The topological polar surface area (TPSA) is 46.6 Å². The standard InChI is InChI=1S/C21H23NO3/c1-3-17(14-16-10-6-4-7-11-16)20(23)22-15(2)19(25-21(22)24)18-12-8-5-9-13-18/h4-13,15,17,19H,3,14H2,1-2H3/t15-,17+,19-/m1/s1. The Balaban J connectivity index is 1.77. The van der Waals surface area contributed by atoms with Crippen LogP contribution in [0.3, 0.4) is 0 Å². The monoisotopic (exact) mass is 337 g/mol. The molecule has 1 saturated heterocycles. The van der Waals surface area contributed by atoms with Crippen LogP contribution < -0.4 is 0 Å². The molecular weight excluding hydrogens is 314 g/mol. The largest absolute Gasteiger partial charge is 0.439 e. The second kappa shape index (κ2) is 7.51. The van der Waals surface area contributed by atoms with E-state index in [4.69, 9.17) is 4.74 Å². The molecule has 1 aliphatic rings. The Morgan fingerprint density at radius 3 is 2.28 bits per heavy atom. The number of imide groups is 1. The van der Waals surface area contributed by atoms with Crippen molar-refractivity contribution in [1.29, 1.82) is 0 Å². The van der Waals surface area contributed by atoms with Gasteiger partial charge >= 0.3 is 6.09 Å². The second-order valence-corrected chi connectivity index (χ2v) is 6.46. The van der Waals surface area contributed by atoms with Crippen molar-refractivity contribution in [2.75, 3.05) is 0 Å². The summed E-state index contributed by atoms with van der Waals surface area (Å²) < 4.78 is 5.50. The van der Waals surface area contributed by atoms with Gasteiger partial charge in [0.15, 0.2) is 0 Å². The minimum atomic E-state index is -0.544. The summed E-state index contributed by atoms with van der Waals surface area (Å²) in [6.07, 6.45) is 0.355. The molecule has 0 N–H and O–H groups in total. The predicted molar refractivity (Wildman–Crippen MR) is 95.9 cm³/mol. The van der Waals surface area contributed by atoms with E-state index < -0.39 is 12.2 Å². The van der Waals surface area contributed by atoms with E-state index in [9.17, 15) is 9.59 Å². The summed E-state index contributed by atoms with van der Waals surface area (Å²) in [5, 5.41) is 0. The molecule has 0 spiro atoms. The van der Waals surface area contributed by atoms with E-state index in [0.29, 0.717) is 12.8 Å². The maximum Gasteiger partial charge on any atom is 0.417 e. The minimum Gasteiger partial charge on any atom is -0.439 e. The van der Waals surface area contributed by atoms with Crippen molar-refractivity contribution in [3.05, 3.63) is 71.8 Å². The van der Waals surface area contributed by atoms with Crippen LogP contribution >= 0.6 is 0 Å². The van der Waals surface area contributed by atoms with Crippen LogP contribution in [0, 0.1) is 5.92 Å². The van der Waals surface area contributed by atoms with Crippen LogP contribution in [0.25, 0.3) is 0 Å². The Kier molecular flexibility index (Phi) is 5.17. The molecule has 0 bridgehead atoms. The lowest BCUT2D eigenvalue weighted by molar-refractivity contribution is -0.133. The Morgan fingerprint density at radius 1 is 1.08 bits per heavy atom. The molecule has 0 aromatic heterocycles. The molecule has 3 rings (SSSR count). The summed E-state index contributed by atoms with van der Waals surface area (Å²) in [5.74, 6) is -0.380. The maximum atomic E-state index is 13.0. The quantitative estimate of drug-likeness (QED) is 0.814. The van der Waals surface area contributed by atoms with Gasteiger partial charge in [0.25, 0.3) is 0 Å². The summed E-state index contributed by atoms with van der Waals surface area (Å²) in [4.78, 5) is 26.7. The number of hydrogen-bond acceptors (Lipinski definition) is 3. The number of ether oxygens (including phenoxy) is 1. The lowest BCUT2D eigenvalue weighted by atomic mass is 9.94. The molecule has 3 atom stereocenters. The van der Waals surface area contributed by atoms with Crippen molar-refractivity contribution in [2.24, 2.45) is 5.92 Å². The van der Waals surface area contributed by atoms with Crippen molar-refractivity contribution < 1.29 is 14.3 Å². The highest BCUT2D eigenvalue weighted by atomic mass is 16.6. The zero-order valence-electron chi connectivity index (χ0n) is 14.6. The number of hydrogen-bond donors (Lipinski definition) is 0. The second-order valence-electron chi connectivity index (χ2n) is 6.46. The van der Waals surface area contributed by atoms with Crippen molar-refractivity contribution in [1.82, 2.24) is 4.90 Å². The molecule has 1 aliphatic heterocycles. The van der Waals surface area contributed by atoms with Crippen LogP contribution in [0.2, 0.25) is 0 Å². The van der Waals surface area contributed by atoms with Crippen LogP contribution in [0.4, 0.5) is 4.79 Å². The molecule has 0 radical (unpaired) electrons. The first-order chi connectivity index (χ1) is 12.1. The minimum absolute atomic E-state index is 0.151. The summed E-state index contributed by atoms with van der Waals surface area (Å²) in [6, 6.07) is 19.2. The third-order valence-corrected chi connectivity index (χ3v) is 4.80. The van der Waals surface area contributed by atoms with E-state index in [1.54, 1.807) is 0 Å². The van der Waals surface area contributed by atoms with E-state index in [1.165, 1.54) is 4.90 Å². The molecule has 0 unspecified atom stereocenters. The third-order valence-electron chi connectivity index (χ3n) is 4.80. The molecule has 4 nitrogen and oxygen atoms in total. The van der Waals surface area contributed by atoms with Gasteiger partial charge in [0.2, 0.25) is 5.91 Å². The number of rotatable bonds is 5. The number of carbonyl (C=O) groups excluding carboxylic acids is 2. The van der Waals surface area contributed by atoms with Crippen molar-refractivity contribution in [3.8, 4) is 0 Å². The summed E-state index contributed by atoms with van der Waals surface area (Å²) >= 11 is 0. The van der Waals surface area contributed by atoms with Gasteiger partial charge in [0.05, 0.1) is 6.04 Å². The van der Waals surface area contributed by atoms with E-state index in [0.717, 1.165) is 11.1 Å². The van der Waals surface area contributed by atoms with Crippen LogP contribution in [0.5, 0.6) is 0 Å². The van der Waals surface area contributed by atoms with Crippen LogP contribution in [0.15, 0.2) is 60.7 Å². The van der Waals surface area contributed by atoms with Crippen molar-refractivity contribution in [2.45, 2.75) is 38.8 Å². The first-order valence-electron chi connectivity index (χ1n) is 8.74. The lowest BCUT2D eigenvalue weighted by Gasteiger charge is -2.24. The van der Waals surface area contributed by atoms with E-state index in [2.05, 4.69) is 0 Å². The number of carbonyl (C=O) groups is 2. The molecule has 1 heterocycles. The molecule has 2 aromatic carbocycles. The zero-order valence-corrected chi connectivity index (χ0v) is 14.6. The Hall–Kier alpha value is -2.62. The zero-order chi connectivity index (χ0) is 17.8. The van der Waals surface area contributed by atoms with Crippen molar-refractivity contribution in [3.63, 3.8) is 0 Å². The SMILES string of the molecule is CC[C@@H](Cc1ccccc1)C(=O)N1C(=O)O[C@@H](c2ccccc2)[C@H]1C. The Labute approximate surface area is 148 Å². The van der Waals surface area contributed by atoms with Gasteiger partial charge in [-0.3, -0.25) is 4.79 Å². The number of amides is 2. The van der Waals surface area contributed by atoms with Gasteiger partial charge in [0.1, 0.15) is 6.10 Å². The highest BCUT2D eigenvalue weighted by Crippen LogP contribution is 2.33. The maximum absolute atomic E-state index is 13.0. The Bertz CT molecular complexity index is 729. The lowest BCUT2D eigenvalue weighted by Crippen LogP contribution is -2.42. The third kappa shape index (κ3) is 3.58. The van der Waals surface area contributed by atoms with Crippen LogP contribution in [-0.4, -0.2) is 22.9 Å². The van der Waals surface area contributed by atoms with E-state index in [1.807, 2.05) is 74.5 Å². The first kappa shape index (κ1) is 17.2. The molecule has 4 heteroatoms. The molecule has 0 saturated carbocycles.